The molecule has 1 heterocycles. The first-order valence-corrected chi connectivity index (χ1v) is 7.86. The largest absolute Gasteiger partial charge is 0.310 e. The molecule has 0 bridgehead atoms. The Bertz CT molecular complexity index is 274. The van der Waals surface area contributed by atoms with E-state index in [4.69, 9.17) is 0 Å². The molecule has 0 saturated carbocycles. The van der Waals surface area contributed by atoms with E-state index in [1.54, 1.807) is 0 Å². The Morgan fingerprint density at radius 3 is 2.60 bits per heavy atom. The van der Waals surface area contributed by atoms with Crippen molar-refractivity contribution in [1.29, 1.82) is 0 Å². The van der Waals surface area contributed by atoms with Gasteiger partial charge in [0.25, 0.3) is 0 Å². The Labute approximate surface area is 93.6 Å². The third-order valence-electron chi connectivity index (χ3n) is 3.10. The standard InChI is InChI=1S/C11H23NO2S/c1-3-5-6-10(4-2)12-11-7-8-15(13,14)9-11/h10-12H,3-9H2,1-2H3/t10-,11+/m1/s1. The maximum Gasteiger partial charge on any atom is 0.151 e. The number of hydrogen-bond donors (Lipinski definition) is 1. The van der Waals surface area contributed by atoms with Gasteiger partial charge in [0.1, 0.15) is 0 Å². The second-order valence-electron chi connectivity index (χ2n) is 4.51. The fraction of sp³-hybridized carbons (Fsp3) is 1.00. The monoisotopic (exact) mass is 233 g/mol. The van der Waals surface area contributed by atoms with Gasteiger partial charge in [0.05, 0.1) is 11.5 Å². The van der Waals surface area contributed by atoms with E-state index in [1.807, 2.05) is 0 Å². The third kappa shape index (κ3) is 4.51. The van der Waals surface area contributed by atoms with Gasteiger partial charge in [-0.2, -0.15) is 0 Å². The highest BCUT2D eigenvalue weighted by molar-refractivity contribution is 7.91. The van der Waals surface area contributed by atoms with Crippen molar-refractivity contribution in [2.45, 2.75) is 58.0 Å². The maximum absolute atomic E-state index is 11.3. The Morgan fingerprint density at radius 2 is 2.13 bits per heavy atom. The molecule has 1 aliphatic rings. The van der Waals surface area contributed by atoms with Crippen molar-refractivity contribution in [3.05, 3.63) is 0 Å². The molecule has 3 nitrogen and oxygen atoms in total. The van der Waals surface area contributed by atoms with Crippen molar-refractivity contribution in [3.8, 4) is 0 Å². The normalized spacial score (nSPS) is 26.7. The molecule has 0 radical (unpaired) electrons. The molecule has 0 aliphatic carbocycles. The molecular weight excluding hydrogens is 210 g/mol. The number of unbranched alkanes of at least 4 members (excludes halogenated alkanes) is 1. The second-order valence-corrected chi connectivity index (χ2v) is 6.74. The SMILES string of the molecule is CCCC[C@@H](CC)N[C@H]1CCS(=O)(=O)C1. The summed E-state index contributed by atoms with van der Waals surface area (Å²) in [5.41, 5.74) is 0. The van der Waals surface area contributed by atoms with Crippen molar-refractivity contribution >= 4 is 9.84 Å². The van der Waals surface area contributed by atoms with Gasteiger partial charge in [-0.15, -0.1) is 0 Å². The Kier molecular flexibility index (Phi) is 5.06. The molecule has 1 fully saturated rings. The molecule has 0 amide bonds. The first-order chi connectivity index (χ1) is 7.07. The van der Waals surface area contributed by atoms with E-state index < -0.39 is 9.84 Å². The zero-order valence-corrected chi connectivity index (χ0v) is 10.6. The van der Waals surface area contributed by atoms with E-state index in [0.29, 0.717) is 17.5 Å². The molecule has 0 aromatic carbocycles. The van der Waals surface area contributed by atoms with Crippen LogP contribution < -0.4 is 5.32 Å². The molecule has 0 unspecified atom stereocenters. The van der Waals surface area contributed by atoms with Crippen LogP contribution in [0.3, 0.4) is 0 Å². The number of sulfone groups is 1. The fourth-order valence-corrected chi connectivity index (χ4v) is 3.80. The van der Waals surface area contributed by atoms with Crippen LogP contribution >= 0.6 is 0 Å². The number of rotatable bonds is 6. The first kappa shape index (κ1) is 13.0. The summed E-state index contributed by atoms with van der Waals surface area (Å²) in [5.74, 6) is 0.713. The second kappa shape index (κ2) is 5.85. The van der Waals surface area contributed by atoms with Crippen LogP contribution in [-0.4, -0.2) is 32.0 Å². The van der Waals surface area contributed by atoms with Gasteiger partial charge in [-0.05, 0) is 19.3 Å². The summed E-state index contributed by atoms with van der Waals surface area (Å²) in [6.45, 7) is 4.35. The summed E-state index contributed by atoms with van der Waals surface area (Å²) in [6.07, 6.45) is 5.50. The molecule has 1 aliphatic heterocycles. The van der Waals surface area contributed by atoms with E-state index in [2.05, 4.69) is 19.2 Å². The van der Waals surface area contributed by atoms with E-state index in [-0.39, 0.29) is 6.04 Å². The fourth-order valence-electron chi connectivity index (χ4n) is 2.12. The topological polar surface area (TPSA) is 46.2 Å². The molecule has 0 spiro atoms. The Hall–Kier alpha value is -0.0900. The smallest absolute Gasteiger partial charge is 0.151 e. The lowest BCUT2D eigenvalue weighted by Crippen LogP contribution is -2.38. The van der Waals surface area contributed by atoms with Gasteiger partial charge in [-0.3, -0.25) is 0 Å². The Morgan fingerprint density at radius 1 is 1.40 bits per heavy atom. The average Bonchev–Trinajstić information content (AvgIpc) is 2.52. The quantitative estimate of drug-likeness (QED) is 0.760. The first-order valence-electron chi connectivity index (χ1n) is 6.04. The zero-order valence-electron chi connectivity index (χ0n) is 9.83. The van der Waals surface area contributed by atoms with Crippen molar-refractivity contribution in [2.75, 3.05) is 11.5 Å². The molecule has 1 rings (SSSR count). The minimum absolute atomic E-state index is 0.205. The highest BCUT2D eigenvalue weighted by atomic mass is 32.2. The lowest BCUT2D eigenvalue weighted by molar-refractivity contribution is 0.406. The summed E-state index contributed by atoms with van der Waals surface area (Å²) in [7, 11) is -2.73. The molecule has 15 heavy (non-hydrogen) atoms. The van der Waals surface area contributed by atoms with Crippen LogP contribution in [0.4, 0.5) is 0 Å². The van der Waals surface area contributed by atoms with Crippen LogP contribution in [0.5, 0.6) is 0 Å². The number of hydrogen-bond acceptors (Lipinski definition) is 3. The van der Waals surface area contributed by atoms with Gasteiger partial charge in [0.15, 0.2) is 9.84 Å². The lowest BCUT2D eigenvalue weighted by Gasteiger charge is -2.20. The van der Waals surface area contributed by atoms with Crippen molar-refractivity contribution in [1.82, 2.24) is 5.32 Å². The van der Waals surface area contributed by atoms with Gasteiger partial charge in [0, 0.05) is 12.1 Å². The summed E-state index contributed by atoms with van der Waals surface area (Å²) < 4.78 is 22.6. The van der Waals surface area contributed by atoms with Crippen LogP contribution in [-0.2, 0) is 9.84 Å². The van der Waals surface area contributed by atoms with E-state index >= 15 is 0 Å². The molecule has 2 atom stereocenters. The van der Waals surface area contributed by atoms with Crippen molar-refractivity contribution in [3.63, 3.8) is 0 Å². The maximum atomic E-state index is 11.3. The predicted molar refractivity (Wildman–Crippen MR) is 63.8 cm³/mol. The third-order valence-corrected chi connectivity index (χ3v) is 4.87. The highest BCUT2D eigenvalue weighted by Gasteiger charge is 2.28. The van der Waals surface area contributed by atoms with Crippen LogP contribution in [0.1, 0.15) is 46.0 Å². The van der Waals surface area contributed by atoms with E-state index in [0.717, 1.165) is 12.8 Å². The molecule has 1 saturated heterocycles. The van der Waals surface area contributed by atoms with Crippen molar-refractivity contribution in [2.24, 2.45) is 0 Å². The van der Waals surface area contributed by atoms with Crippen LogP contribution in [0.25, 0.3) is 0 Å². The number of nitrogens with one attached hydrogen (secondary N) is 1. The average molecular weight is 233 g/mol. The minimum atomic E-state index is -2.73. The molecule has 90 valence electrons. The summed E-state index contributed by atoms with van der Waals surface area (Å²) in [5, 5.41) is 3.48. The molecular formula is C11H23NO2S. The minimum Gasteiger partial charge on any atom is -0.310 e. The van der Waals surface area contributed by atoms with Gasteiger partial charge in [-0.25, -0.2) is 8.42 Å². The van der Waals surface area contributed by atoms with Gasteiger partial charge in [0.2, 0.25) is 0 Å². The molecule has 0 aromatic rings. The van der Waals surface area contributed by atoms with Crippen molar-refractivity contribution < 1.29 is 8.42 Å². The zero-order chi connectivity index (χ0) is 11.3. The molecule has 0 aromatic heterocycles. The summed E-state index contributed by atoms with van der Waals surface area (Å²) >= 11 is 0. The summed E-state index contributed by atoms with van der Waals surface area (Å²) in [4.78, 5) is 0. The van der Waals surface area contributed by atoms with Crippen LogP contribution in [0.15, 0.2) is 0 Å². The molecule has 4 heteroatoms. The summed E-state index contributed by atoms with van der Waals surface area (Å²) in [6, 6.07) is 0.708. The van der Waals surface area contributed by atoms with E-state index in [9.17, 15) is 8.42 Å². The lowest BCUT2D eigenvalue weighted by atomic mass is 10.1. The van der Waals surface area contributed by atoms with Gasteiger partial charge >= 0.3 is 0 Å². The van der Waals surface area contributed by atoms with Crippen LogP contribution in [0.2, 0.25) is 0 Å². The van der Waals surface area contributed by atoms with Crippen LogP contribution in [0, 0.1) is 0 Å². The van der Waals surface area contributed by atoms with Gasteiger partial charge in [-0.1, -0.05) is 26.7 Å². The Balaban J connectivity index is 2.33. The molecule has 1 N–H and O–H groups in total. The van der Waals surface area contributed by atoms with Gasteiger partial charge < -0.3 is 5.32 Å². The van der Waals surface area contributed by atoms with E-state index in [1.165, 1.54) is 19.3 Å². The predicted octanol–water partition coefficient (Wildman–Crippen LogP) is 1.73. The highest BCUT2D eigenvalue weighted by Crippen LogP contribution is 2.14.